The van der Waals surface area contributed by atoms with Crippen LogP contribution in [0, 0.1) is 5.82 Å². The highest BCUT2D eigenvalue weighted by molar-refractivity contribution is 14.0. The fourth-order valence-corrected chi connectivity index (χ4v) is 2.26. The van der Waals surface area contributed by atoms with Gasteiger partial charge in [-0.3, -0.25) is 4.99 Å². The van der Waals surface area contributed by atoms with E-state index in [1.807, 2.05) is 6.92 Å². The second-order valence-corrected chi connectivity index (χ2v) is 5.68. The minimum atomic E-state index is -0.298. The maximum atomic E-state index is 12.9. The number of halogens is 2. The van der Waals surface area contributed by atoms with Crippen molar-refractivity contribution in [3.05, 3.63) is 53.8 Å². The van der Waals surface area contributed by atoms with Gasteiger partial charge in [0.15, 0.2) is 5.96 Å². The summed E-state index contributed by atoms with van der Waals surface area (Å²) in [5.74, 6) is 1.73. The lowest BCUT2D eigenvalue weighted by Crippen LogP contribution is -2.41. The van der Waals surface area contributed by atoms with Gasteiger partial charge < -0.3 is 25.2 Å². The van der Waals surface area contributed by atoms with Crippen LogP contribution in [0.3, 0.4) is 0 Å². The molecule has 0 aliphatic heterocycles. The molecule has 0 fully saturated rings. The van der Waals surface area contributed by atoms with Crippen molar-refractivity contribution in [1.29, 1.82) is 0 Å². The summed E-state index contributed by atoms with van der Waals surface area (Å²) >= 11 is 0. The SMILES string of the molecule is CN=C(NCc1cc(OC)ccc1O)NCC(C)Oc1ccc(F)cc1.I. The number of hydrogen-bond donors (Lipinski definition) is 3. The van der Waals surface area contributed by atoms with Crippen molar-refractivity contribution in [1.82, 2.24) is 10.6 Å². The minimum Gasteiger partial charge on any atom is -0.508 e. The van der Waals surface area contributed by atoms with Crippen LogP contribution in [0.5, 0.6) is 17.2 Å². The maximum Gasteiger partial charge on any atom is 0.191 e. The van der Waals surface area contributed by atoms with Gasteiger partial charge >= 0.3 is 0 Å². The summed E-state index contributed by atoms with van der Waals surface area (Å²) in [7, 11) is 3.23. The van der Waals surface area contributed by atoms with Crippen molar-refractivity contribution in [2.75, 3.05) is 20.7 Å². The number of phenols is 1. The summed E-state index contributed by atoms with van der Waals surface area (Å²) in [5.41, 5.74) is 0.697. The summed E-state index contributed by atoms with van der Waals surface area (Å²) in [6.45, 7) is 2.79. The van der Waals surface area contributed by atoms with E-state index < -0.39 is 0 Å². The smallest absolute Gasteiger partial charge is 0.191 e. The number of ether oxygens (including phenoxy) is 2. The van der Waals surface area contributed by atoms with Gasteiger partial charge in [0.1, 0.15) is 29.2 Å². The molecule has 0 spiro atoms. The van der Waals surface area contributed by atoms with Gasteiger partial charge in [-0.15, -0.1) is 24.0 Å². The van der Waals surface area contributed by atoms with E-state index in [9.17, 15) is 9.50 Å². The number of guanidine groups is 1. The van der Waals surface area contributed by atoms with Crippen LogP contribution in [-0.4, -0.2) is 37.9 Å². The van der Waals surface area contributed by atoms with Gasteiger partial charge in [-0.25, -0.2) is 4.39 Å². The molecule has 2 rings (SSSR count). The van der Waals surface area contributed by atoms with Crippen molar-refractivity contribution in [3.63, 3.8) is 0 Å². The zero-order valence-corrected chi connectivity index (χ0v) is 17.9. The first-order valence-corrected chi connectivity index (χ1v) is 8.24. The standard InChI is InChI=1S/C19H24FN3O3.HI/c1-13(26-16-6-4-15(20)5-7-16)11-22-19(21-2)23-12-14-10-17(25-3)8-9-18(14)24;/h4-10,13,24H,11-12H2,1-3H3,(H2,21,22,23);1H. The molecule has 1 unspecified atom stereocenters. The number of benzene rings is 2. The van der Waals surface area contributed by atoms with Gasteiger partial charge in [0.2, 0.25) is 0 Å². The van der Waals surface area contributed by atoms with E-state index in [1.54, 1.807) is 44.5 Å². The second-order valence-electron chi connectivity index (χ2n) is 5.68. The molecule has 2 aromatic carbocycles. The van der Waals surface area contributed by atoms with E-state index >= 15 is 0 Å². The molecule has 0 amide bonds. The predicted molar refractivity (Wildman–Crippen MR) is 115 cm³/mol. The number of methoxy groups -OCH3 is 1. The summed E-state index contributed by atoms with van der Waals surface area (Å²) in [6, 6.07) is 10.9. The molecule has 3 N–H and O–H groups in total. The number of aliphatic imine (C=N–C) groups is 1. The normalized spacial score (nSPS) is 11.9. The molecular weight excluding hydrogens is 464 g/mol. The van der Waals surface area contributed by atoms with Crippen LogP contribution in [-0.2, 0) is 6.54 Å². The molecule has 0 aromatic heterocycles. The molecule has 1 atom stereocenters. The number of nitrogens with zero attached hydrogens (tertiary/aromatic N) is 1. The Morgan fingerprint density at radius 1 is 1.15 bits per heavy atom. The predicted octanol–water partition coefficient (Wildman–Crippen LogP) is 3.29. The summed E-state index contributed by atoms with van der Waals surface area (Å²) in [4.78, 5) is 4.14. The fourth-order valence-electron chi connectivity index (χ4n) is 2.26. The van der Waals surface area contributed by atoms with E-state index in [0.29, 0.717) is 36.1 Å². The number of nitrogens with one attached hydrogen (secondary N) is 2. The van der Waals surface area contributed by atoms with Gasteiger partial charge in [-0.1, -0.05) is 0 Å². The van der Waals surface area contributed by atoms with Gasteiger partial charge in [0.05, 0.1) is 13.7 Å². The maximum absolute atomic E-state index is 12.9. The van der Waals surface area contributed by atoms with Crippen LogP contribution >= 0.6 is 24.0 Å². The summed E-state index contributed by atoms with van der Waals surface area (Å²) < 4.78 is 23.8. The lowest BCUT2D eigenvalue weighted by Gasteiger charge is -2.18. The van der Waals surface area contributed by atoms with Gasteiger partial charge in [-0.2, -0.15) is 0 Å². The zero-order chi connectivity index (χ0) is 18.9. The van der Waals surface area contributed by atoms with E-state index in [1.165, 1.54) is 12.1 Å². The average Bonchev–Trinajstić information content (AvgIpc) is 2.65. The van der Waals surface area contributed by atoms with Crippen LogP contribution in [0.25, 0.3) is 0 Å². The summed E-state index contributed by atoms with van der Waals surface area (Å²) in [6.07, 6.45) is -0.149. The van der Waals surface area contributed by atoms with E-state index in [2.05, 4.69) is 15.6 Å². The van der Waals surface area contributed by atoms with Crippen molar-refractivity contribution in [3.8, 4) is 17.2 Å². The lowest BCUT2D eigenvalue weighted by molar-refractivity contribution is 0.223. The van der Waals surface area contributed by atoms with E-state index in [4.69, 9.17) is 9.47 Å². The minimum absolute atomic E-state index is 0. The molecule has 0 bridgehead atoms. The largest absolute Gasteiger partial charge is 0.508 e. The zero-order valence-electron chi connectivity index (χ0n) is 15.5. The molecular formula is C19H25FIN3O3. The quantitative estimate of drug-likeness (QED) is 0.316. The number of aromatic hydroxyl groups is 1. The molecule has 6 nitrogen and oxygen atoms in total. The van der Waals surface area contributed by atoms with Crippen molar-refractivity contribution >= 4 is 29.9 Å². The molecule has 8 heteroatoms. The average molecular weight is 489 g/mol. The molecule has 0 radical (unpaired) electrons. The lowest BCUT2D eigenvalue weighted by atomic mass is 10.2. The Hall–Kier alpha value is -2.23. The molecule has 0 heterocycles. The monoisotopic (exact) mass is 489 g/mol. The molecule has 0 aliphatic rings. The highest BCUT2D eigenvalue weighted by atomic mass is 127. The Morgan fingerprint density at radius 3 is 2.44 bits per heavy atom. The molecule has 0 saturated heterocycles. The Balaban J connectivity index is 0.00000364. The first-order valence-electron chi connectivity index (χ1n) is 8.24. The third-order valence-corrected chi connectivity index (χ3v) is 3.66. The first-order chi connectivity index (χ1) is 12.5. The third kappa shape index (κ3) is 7.49. The van der Waals surface area contributed by atoms with E-state index in [-0.39, 0.29) is 41.6 Å². The van der Waals surface area contributed by atoms with Crippen molar-refractivity contribution in [2.45, 2.75) is 19.6 Å². The Kier molecular flexibility index (Phi) is 9.70. The van der Waals surface area contributed by atoms with Crippen LogP contribution in [0.1, 0.15) is 12.5 Å². The Bertz CT molecular complexity index is 741. The Morgan fingerprint density at radius 2 is 1.81 bits per heavy atom. The van der Waals surface area contributed by atoms with Crippen LogP contribution < -0.4 is 20.1 Å². The first kappa shape index (κ1) is 22.8. The number of phenolic OH excluding ortho intramolecular Hbond substituents is 1. The molecule has 2 aromatic rings. The fraction of sp³-hybridized carbons (Fsp3) is 0.316. The van der Waals surface area contributed by atoms with Crippen LogP contribution in [0.4, 0.5) is 4.39 Å². The van der Waals surface area contributed by atoms with Gasteiger partial charge in [0, 0.05) is 19.2 Å². The van der Waals surface area contributed by atoms with E-state index in [0.717, 1.165) is 0 Å². The van der Waals surface area contributed by atoms with Crippen LogP contribution in [0.15, 0.2) is 47.5 Å². The topological polar surface area (TPSA) is 75.1 Å². The van der Waals surface area contributed by atoms with Crippen molar-refractivity contribution < 1.29 is 19.0 Å². The van der Waals surface area contributed by atoms with Crippen molar-refractivity contribution in [2.24, 2.45) is 4.99 Å². The Labute approximate surface area is 175 Å². The molecule has 148 valence electrons. The molecule has 0 aliphatic carbocycles. The molecule has 27 heavy (non-hydrogen) atoms. The number of hydrogen-bond acceptors (Lipinski definition) is 4. The van der Waals surface area contributed by atoms with Gasteiger partial charge in [0.25, 0.3) is 0 Å². The van der Waals surface area contributed by atoms with Crippen LogP contribution in [0.2, 0.25) is 0 Å². The number of rotatable bonds is 7. The van der Waals surface area contributed by atoms with Gasteiger partial charge in [-0.05, 0) is 49.4 Å². The second kappa shape index (κ2) is 11.5. The summed E-state index contributed by atoms with van der Waals surface area (Å²) in [5, 5.41) is 16.2. The molecule has 0 saturated carbocycles. The third-order valence-electron chi connectivity index (χ3n) is 3.66. The highest BCUT2D eigenvalue weighted by Crippen LogP contribution is 2.22. The highest BCUT2D eigenvalue weighted by Gasteiger charge is 2.08.